The van der Waals surface area contributed by atoms with Gasteiger partial charge in [-0.2, -0.15) is 0 Å². The molecule has 0 radical (unpaired) electrons. The molecule has 0 bridgehead atoms. The Morgan fingerprint density at radius 3 is 2.19 bits per heavy atom. The first kappa shape index (κ1) is 17.7. The molecule has 0 spiro atoms. The Kier molecular flexibility index (Phi) is 7.40. The number of para-hydroxylation sites is 1. The SMILES string of the molecule is CC(C)c1cccc(C(C)C)c1OC(=O)CCCCNN. The van der Waals surface area contributed by atoms with Crippen molar-refractivity contribution in [2.24, 2.45) is 5.84 Å². The lowest BCUT2D eigenvalue weighted by atomic mass is 9.94. The van der Waals surface area contributed by atoms with Crippen molar-refractivity contribution in [3.63, 3.8) is 0 Å². The number of unbranched alkanes of at least 4 members (excludes halogenated alkanes) is 1. The van der Waals surface area contributed by atoms with Gasteiger partial charge in [-0.25, -0.2) is 0 Å². The van der Waals surface area contributed by atoms with Crippen LogP contribution in [0.2, 0.25) is 0 Å². The van der Waals surface area contributed by atoms with E-state index in [1.165, 1.54) is 0 Å². The Labute approximate surface area is 128 Å². The largest absolute Gasteiger partial charge is 0.426 e. The van der Waals surface area contributed by atoms with E-state index in [-0.39, 0.29) is 5.97 Å². The quantitative estimate of drug-likeness (QED) is 0.253. The van der Waals surface area contributed by atoms with Crippen molar-refractivity contribution < 1.29 is 9.53 Å². The molecule has 0 fully saturated rings. The molecule has 1 rings (SSSR count). The number of esters is 1. The van der Waals surface area contributed by atoms with Crippen LogP contribution in [0.5, 0.6) is 5.75 Å². The Balaban J connectivity index is 2.82. The molecule has 0 aliphatic rings. The van der Waals surface area contributed by atoms with Gasteiger partial charge in [-0.3, -0.25) is 16.1 Å². The van der Waals surface area contributed by atoms with E-state index in [1.807, 2.05) is 18.2 Å². The molecule has 4 heteroatoms. The summed E-state index contributed by atoms with van der Waals surface area (Å²) in [4.78, 5) is 12.1. The van der Waals surface area contributed by atoms with Gasteiger partial charge in [-0.05, 0) is 35.8 Å². The molecular formula is C17H28N2O2. The van der Waals surface area contributed by atoms with Crippen LogP contribution in [0.25, 0.3) is 0 Å². The van der Waals surface area contributed by atoms with Gasteiger partial charge in [0.2, 0.25) is 0 Å². The van der Waals surface area contributed by atoms with Crippen LogP contribution >= 0.6 is 0 Å². The summed E-state index contributed by atoms with van der Waals surface area (Å²) in [5.41, 5.74) is 4.78. The highest BCUT2D eigenvalue weighted by Crippen LogP contribution is 2.34. The van der Waals surface area contributed by atoms with Gasteiger partial charge in [-0.15, -0.1) is 0 Å². The molecule has 0 saturated heterocycles. The molecule has 1 aromatic carbocycles. The summed E-state index contributed by atoms with van der Waals surface area (Å²) in [6, 6.07) is 6.12. The van der Waals surface area contributed by atoms with Crippen LogP contribution in [0.1, 0.15) is 69.9 Å². The van der Waals surface area contributed by atoms with Crippen LogP contribution in [-0.4, -0.2) is 12.5 Å². The van der Waals surface area contributed by atoms with E-state index in [1.54, 1.807) is 0 Å². The first-order chi connectivity index (χ1) is 9.97. The number of hydrogen-bond donors (Lipinski definition) is 2. The maximum atomic E-state index is 12.1. The summed E-state index contributed by atoms with van der Waals surface area (Å²) in [6.45, 7) is 9.17. The van der Waals surface area contributed by atoms with E-state index in [0.29, 0.717) is 24.8 Å². The van der Waals surface area contributed by atoms with Gasteiger partial charge in [0.25, 0.3) is 0 Å². The predicted octanol–water partition coefficient (Wildman–Crippen LogP) is 3.47. The second kappa shape index (κ2) is 8.80. The van der Waals surface area contributed by atoms with Crippen molar-refractivity contribution in [2.45, 2.75) is 58.8 Å². The molecule has 0 aliphatic heterocycles. The molecule has 0 aliphatic carbocycles. The molecule has 0 saturated carbocycles. The highest BCUT2D eigenvalue weighted by atomic mass is 16.5. The zero-order valence-electron chi connectivity index (χ0n) is 13.6. The average Bonchev–Trinajstić information content (AvgIpc) is 2.43. The minimum atomic E-state index is -0.165. The van der Waals surface area contributed by atoms with E-state index < -0.39 is 0 Å². The Hall–Kier alpha value is -1.39. The lowest BCUT2D eigenvalue weighted by molar-refractivity contribution is -0.134. The smallest absolute Gasteiger partial charge is 0.311 e. The van der Waals surface area contributed by atoms with E-state index in [2.05, 4.69) is 33.1 Å². The second-order valence-corrected chi connectivity index (χ2v) is 5.96. The maximum absolute atomic E-state index is 12.1. The summed E-state index contributed by atoms with van der Waals surface area (Å²) in [7, 11) is 0. The first-order valence-corrected chi connectivity index (χ1v) is 7.74. The van der Waals surface area contributed by atoms with Gasteiger partial charge in [0.1, 0.15) is 5.75 Å². The fraction of sp³-hybridized carbons (Fsp3) is 0.588. The van der Waals surface area contributed by atoms with Gasteiger partial charge >= 0.3 is 5.97 Å². The lowest BCUT2D eigenvalue weighted by Gasteiger charge is -2.18. The topological polar surface area (TPSA) is 64.3 Å². The third kappa shape index (κ3) is 5.48. The molecular weight excluding hydrogens is 264 g/mol. The Bertz CT molecular complexity index is 430. The summed E-state index contributed by atoms with van der Waals surface area (Å²) in [5.74, 6) is 6.45. The van der Waals surface area contributed by atoms with Crippen molar-refractivity contribution in [3.05, 3.63) is 29.3 Å². The van der Waals surface area contributed by atoms with Crippen molar-refractivity contribution >= 4 is 5.97 Å². The second-order valence-electron chi connectivity index (χ2n) is 5.96. The fourth-order valence-electron chi connectivity index (χ4n) is 2.26. The minimum absolute atomic E-state index is 0.165. The van der Waals surface area contributed by atoms with Crippen molar-refractivity contribution in [2.75, 3.05) is 6.54 Å². The number of ether oxygens (including phenoxy) is 1. The van der Waals surface area contributed by atoms with Crippen LogP contribution < -0.4 is 16.0 Å². The van der Waals surface area contributed by atoms with Gasteiger partial charge in [-0.1, -0.05) is 45.9 Å². The van der Waals surface area contributed by atoms with Crippen LogP contribution in [0.3, 0.4) is 0 Å². The normalized spacial score (nSPS) is 11.2. The maximum Gasteiger partial charge on any atom is 0.311 e. The van der Waals surface area contributed by atoms with Crippen molar-refractivity contribution in [3.8, 4) is 5.75 Å². The molecule has 0 amide bonds. The van der Waals surface area contributed by atoms with Crippen LogP contribution in [-0.2, 0) is 4.79 Å². The van der Waals surface area contributed by atoms with E-state index >= 15 is 0 Å². The summed E-state index contributed by atoms with van der Waals surface area (Å²) < 4.78 is 5.69. The molecule has 3 N–H and O–H groups in total. The van der Waals surface area contributed by atoms with Gasteiger partial charge in [0.15, 0.2) is 0 Å². The van der Waals surface area contributed by atoms with Crippen molar-refractivity contribution in [1.82, 2.24) is 5.43 Å². The molecule has 21 heavy (non-hydrogen) atoms. The first-order valence-electron chi connectivity index (χ1n) is 7.74. The highest BCUT2D eigenvalue weighted by Gasteiger charge is 2.17. The van der Waals surface area contributed by atoms with E-state index in [9.17, 15) is 4.79 Å². The van der Waals surface area contributed by atoms with Crippen molar-refractivity contribution in [1.29, 1.82) is 0 Å². The molecule has 0 unspecified atom stereocenters. The fourth-order valence-corrected chi connectivity index (χ4v) is 2.26. The highest BCUT2D eigenvalue weighted by molar-refractivity contribution is 5.73. The summed E-state index contributed by atoms with van der Waals surface area (Å²) in [5, 5.41) is 0. The minimum Gasteiger partial charge on any atom is -0.426 e. The molecule has 118 valence electrons. The van der Waals surface area contributed by atoms with Crippen LogP contribution in [0.4, 0.5) is 0 Å². The number of nitrogens with one attached hydrogen (secondary N) is 1. The monoisotopic (exact) mass is 292 g/mol. The molecule has 0 atom stereocenters. The third-order valence-electron chi connectivity index (χ3n) is 3.49. The molecule has 1 aromatic rings. The summed E-state index contributed by atoms with van der Waals surface area (Å²) in [6.07, 6.45) is 2.07. The van der Waals surface area contributed by atoms with E-state index in [4.69, 9.17) is 10.6 Å². The molecule has 4 nitrogen and oxygen atoms in total. The van der Waals surface area contributed by atoms with Gasteiger partial charge in [0, 0.05) is 13.0 Å². The number of carbonyl (C=O) groups is 1. The average molecular weight is 292 g/mol. The number of hydrazine groups is 1. The van der Waals surface area contributed by atoms with Crippen LogP contribution in [0, 0.1) is 0 Å². The summed E-state index contributed by atoms with van der Waals surface area (Å²) >= 11 is 0. The number of benzene rings is 1. The number of nitrogens with two attached hydrogens (primary N) is 1. The number of rotatable bonds is 8. The Morgan fingerprint density at radius 2 is 1.71 bits per heavy atom. The van der Waals surface area contributed by atoms with Crippen LogP contribution in [0.15, 0.2) is 18.2 Å². The van der Waals surface area contributed by atoms with E-state index in [0.717, 1.165) is 29.7 Å². The third-order valence-corrected chi connectivity index (χ3v) is 3.49. The standard InChI is InChI=1S/C17H28N2O2/c1-12(2)14-8-7-9-15(13(3)4)17(14)21-16(20)10-5-6-11-19-18/h7-9,12-13,19H,5-6,10-11,18H2,1-4H3. The number of hydrogen-bond acceptors (Lipinski definition) is 4. The van der Waals surface area contributed by atoms with Gasteiger partial charge < -0.3 is 4.74 Å². The Morgan fingerprint density at radius 1 is 1.14 bits per heavy atom. The molecule has 0 heterocycles. The van der Waals surface area contributed by atoms with Gasteiger partial charge in [0.05, 0.1) is 0 Å². The molecule has 0 aromatic heterocycles. The zero-order valence-corrected chi connectivity index (χ0v) is 13.6. The predicted molar refractivity (Wildman–Crippen MR) is 86.3 cm³/mol. The number of carbonyl (C=O) groups excluding carboxylic acids is 1. The lowest BCUT2D eigenvalue weighted by Crippen LogP contribution is -2.23. The zero-order chi connectivity index (χ0) is 15.8.